The van der Waals surface area contributed by atoms with Crippen LogP contribution in [-0.2, 0) is 16.0 Å². The first kappa shape index (κ1) is 16.1. The summed E-state index contributed by atoms with van der Waals surface area (Å²) in [6.45, 7) is 5.73. The molecule has 1 aromatic heterocycles. The van der Waals surface area contributed by atoms with Crippen LogP contribution in [0.15, 0.2) is 12.3 Å². The number of rotatable bonds is 6. The summed E-state index contributed by atoms with van der Waals surface area (Å²) in [7, 11) is 3.29. The smallest absolute Gasteiger partial charge is 0.170 e. The van der Waals surface area contributed by atoms with Crippen LogP contribution < -0.4 is 10.2 Å². The largest absolute Gasteiger partial charge is 0.377 e. The third-order valence-corrected chi connectivity index (χ3v) is 3.77. The van der Waals surface area contributed by atoms with Gasteiger partial charge in [0.1, 0.15) is 12.2 Å². The van der Waals surface area contributed by atoms with Gasteiger partial charge in [-0.3, -0.25) is 0 Å². The van der Waals surface area contributed by atoms with Crippen molar-refractivity contribution in [2.24, 2.45) is 0 Å². The van der Waals surface area contributed by atoms with E-state index in [1.807, 2.05) is 18.7 Å². The summed E-state index contributed by atoms with van der Waals surface area (Å²) in [6.07, 6.45) is 1.53. The summed E-state index contributed by atoms with van der Waals surface area (Å²) in [5, 5.41) is 3.22. The lowest BCUT2D eigenvalue weighted by atomic mass is 10.2. The minimum atomic E-state index is -0.266. The second-order valence-corrected chi connectivity index (χ2v) is 5.60. The molecule has 1 fully saturated rings. The summed E-state index contributed by atoms with van der Waals surface area (Å²) in [5.74, 6) is 0.108. The molecule has 118 valence electrons. The van der Waals surface area contributed by atoms with Crippen molar-refractivity contribution in [2.45, 2.75) is 38.6 Å². The van der Waals surface area contributed by atoms with Crippen molar-refractivity contribution < 1.29 is 13.9 Å². The Labute approximate surface area is 125 Å². The summed E-state index contributed by atoms with van der Waals surface area (Å²) >= 11 is 0. The van der Waals surface area contributed by atoms with Crippen LogP contribution in [0, 0.1) is 5.82 Å². The molecular weight excluding hydrogens is 273 g/mol. The van der Waals surface area contributed by atoms with Crippen LogP contribution in [-0.4, -0.2) is 50.5 Å². The van der Waals surface area contributed by atoms with Gasteiger partial charge in [-0.1, -0.05) is 13.8 Å². The van der Waals surface area contributed by atoms with Gasteiger partial charge < -0.3 is 19.7 Å². The lowest BCUT2D eigenvalue weighted by Crippen LogP contribution is -2.27. The highest BCUT2D eigenvalue weighted by Gasteiger charge is 2.35. The van der Waals surface area contributed by atoms with E-state index in [4.69, 9.17) is 9.47 Å². The van der Waals surface area contributed by atoms with Crippen molar-refractivity contribution in [1.29, 1.82) is 0 Å². The molecule has 1 N–H and O–H groups in total. The molecule has 0 aliphatic carbocycles. The first-order valence-electron chi connectivity index (χ1n) is 7.24. The molecule has 0 bridgehead atoms. The fraction of sp³-hybridized carbons (Fsp3) is 0.667. The first-order valence-corrected chi connectivity index (χ1v) is 7.24. The number of methoxy groups -OCH3 is 2. The second-order valence-electron chi connectivity index (χ2n) is 5.60. The van der Waals surface area contributed by atoms with Gasteiger partial charge in [0.2, 0.25) is 0 Å². The molecule has 2 heterocycles. The molecule has 0 aromatic carbocycles. The van der Waals surface area contributed by atoms with Crippen molar-refractivity contribution >= 4 is 5.82 Å². The van der Waals surface area contributed by atoms with Gasteiger partial charge in [-0.2, -0.15) is 0 Å². The van der Waals surface area contributed by atoms with E-state index >= 15 is 0 Å². The Hall–Kier alpha value is -1.24. The van der Waals surface area contributed by atoms with Crippen LogP contribution >= 0.6 is 0 Å². The quantitative estimate of drug-likeness (QED) is 0.863. The summed E-state index contributed by atoms with van der Waals surface area (Å²) in [6, 6.07) is 2.02. The van der Waals surface area contributed by atoms with Gasteiger partial charge >= 0.3 is 0 Å². The number of halogens is 1. The molecule has 2 rings (SSSR count). The minimum Gasteiger partial charge on any atom is -0.377 e. The molecule has 6 heteroatoms. The maximum atomic E-state index is 14.6. The number of hydrogen-bond acceptors (Lipinski definition) is 5. The van der Waals surface area contributed by atoms with Crippen LogP contribution in [0.3, 0.4) is 0 Å². The van der Waals surface area contributed by atoms with Gasteiger partial charge in [0.15, 0.2) is 11.6 Å². The first-order chi connectivity index (χ1) is 10.1. The van der Waals surface area contributed by atoms with Crippen LogP contribution in [0.5, 0.6) is 0 Å². The Bertz CT molecular complexity index is 458. The predicted octanol–water partition coefficient (Wildman–Crippen LogP) is 1.57. The summed E-state index contributed by atoms with van der Waals surface area (Å²) in [5.41, 5.74) is 0.628. The van der Waals surface area contributed by atoms with E-state index in [1.54, 1.807) is 26.5 Å². The molecule has 21 heavy (non-hydrogen) atoms. The Morgan fingerprint density at radius 1 is 1.33 bits per heavy atom. The Kier molecular flexibility index (Phi) is 5.50. The lowest BCUT2D eigenvalue weighted by molar-refractivity contribution is -0.00461. The van der Waals surface area contributed by atoms with Gasteiger partial charge in [-0.15, -0.1) is 0 Å². The van der Waals surface area contributed by atoms with Crippen LogP contribution in [0.4, 0.5) is 10.2 Å². The highest BCUT2D eigenvalue weighted by Crippen LogP contribution is 2.25. The van der Waals surface area contributed by atoms with Crippen LogP contribution in [0.1, 0.15) is 19.4 Å². The molecule has 0 amide bonds. The molecule has 5 nitrogen and oxygen atoms in total. The third kappa shape index (κ3) is 3.70. The zero-order valence-electron chi connectivity index (χ0n) is 13.1. The molecular formula is C15H24FN3O2. The topological polar surface area (TPSA) is 46.6 Å². The molecule has 0 saturated carbocycles. The van der Waals surface area contributed by atoms with E-state index in [0.717, 1.165) is 0 Å². The zero-order valence-corrected chi connectivity index (χ0v) is 13.1. The fourth-order valence-corrected chi connectivity index (χ4v) is 2.51. The van der Waals surface area contributed by atoms with E-state index in [2.05, 4.69) is 10.3 Å². The molecule has 0 radical (unpaired) electrons. The maximum Gasteiger partial charge on any atom is 0.170 e. The number of pyridine rings is 1. The average molecular weight is 297 g/mol. The maximum absolute atomic E-state index is 14.6. The average Bonchev–Trinajstić information content (AvgIpc) is 2.89. The fourth-order valence-electron chi connectivity index (χ4n) is 2.51. The van der Waals surface area contributed by atoms with Gasteiger partial charge in [0, 0.05) is 51.7 Å². The van der Waals surface area contributed by atoms with Crippen LogP contribution in [0.25, 0.3) is 0 Å². The third-order valence-electron chi connectivity index (χ3n) is 3.77. The van der Waals surface area contributed by atoms with Crippen LogP contribution in [0.2, 0.25) is 0 Å². The molecule has 1 aliphatic heterocycles. The summed E-state index contributed by atoms with van der Waals surface area (Å²) in [4.78, 5) is 6.08. The van der Waals surface area contributed by atoms with E-state index in [0.29, 0.717) is 37.1 Å². The van der Waals surface area contributed by atoms with E-state index in [-0.39, 0.29) is 18.0 Å². The van der Waals surface area contributed by atoms with Crippen molar-refractivity contribution in [3.63, 3.8) is 0 Å². The van der Waals surface area contributed by atoms with Gasteiger partial charge in [0.25, 0.3) is 0 Å². The second kappa shape index (κ2) is 7.15. The molecule has 2 atom stereocenters. The predicted molar refractivity (Wildman–Crippen MR) is 80.0 cm³/mol. The molecule has 0 spiro atoms. The highest BCUT2D eigenvalue weighted by atomic mass is 19.1. The van der Waals surface area contributed by atoms with Crippen molar-refractivity contribution in [3.8, 4) is 0 Å². The lowest BCUT2D eigenvalue weighted by Gasteiger charge is -2.19. The standard InChI is InChI=1S/C15H24FN3O2/c1-10(2)18-7-11-5-6-17-15(14(11)16)19-8-12(20-3)13(9-19)21-4/h5-6,10,12-13,18H,7-9H2,1-4H3. The van der Waals surface area contributed by atoms with Gasteiger partial charge in [-0.25, -0.2) is 9.37 Å². The van der Waals surface area contributed by atoms with Gasteiger partial charge in [-0.05, 0) is 6.07 Å². The Morgan fingerprint density at radius 3 is 2.48 bits per heavy atom. The number of nitrogens with one attached hydrogen (secondary N) is 1. The number of nitrogens with zero attached hydrogens (tertiary/aromatic N) is 2. The van der Waals surface area contributed by atoms with E-state index < -0.39 is 0 Å². The number of anilines is 1. The van der Waals surface area contributed by atoms with Crippen molar-refractivity contribution in [3.05, 3.63) is 23.6 Å². The van der Waals surface area contributed by atoms with E-state index in [9.17, 15) is 4.39 Å². The zero-order chi connectivity index (χ0) is 15.4. The minimum absolute atomic E-state index is 0.0614. The normalized spacial score (nSPS) is 22.3. The molecule has 1 saturated heterocycles. The van der Waals surface area contributed by atoms with Gasteiger partial charge in [0.05, 0.1) is 0 Å². The molecule has 2 unspecified atom stereocenters. The number of aromatic nitrogens is 1. The summed E-state index contributed by atoms with van der Waals surface area (Å²) < 4.78 is 25.4. The Balaban J connectivity index is 2.15. The van der Waals surface area contributed by atoms with Crippen molar-refractivity contribution in [1.82, 2.24) is 10.3 Å². The van der Waals surface area contributed by atoms with E-state index in [1.165, 1.54) is 0 Å². The van der Waals surface area contributed by atoms with Crippen molar-refractivity contribution in [2.75, 3.05) is 32.2 Å². The monoisotopic (exact) mass is 297 g/mol. The number of ether oxygens (including phenoxy) is 2. The highest BCUT2D eigenvalue weighted by molar-refractivity contribution is 5.45. The Morgan fingerprint density at radius 2 is 1.95 bits per heavy atom. The molecule has 1 aromatic rings. The number of hydrogen-bond donors (Lipinski definition) is 1. The SMILES string of the molecule is COC1CN(c2nccc(CNC(C)C)c2F)CC1OC. The molecule has 1 aliphatic rings.